The molecule has 4 nitrogen and oxygen atoms in total. The molecule has 1 saturated carbocycles. The Bertz CT molecular complexity index is 154. The van der Waals surface area contributed by atoms with E-state index in [-0.39, 0.29) is 13.0 Å². The van der Waals surface area contributed by atoms with Crippen molar-refractivity contribution >= 4 is 16.0 Å². The van der Waals surface area contributed by atoms with E-state index in [1.165, 1.54) is 0 Å². The first-order valence-corrected chi connectivity index (χ1v) is 4.32. The maximum absolute atomic E-state index is 9.30. The predicted octanol–water partition coefficient (Wildman–Crippen LogP) is -2.48. The van der Waals surface area contributed by atoms with Gasteiger partial charge in [0.2, 0.25) is 0 Å². The summed E-state index contributed by atoms with van der Waals surface area (Å²) in [5.74, 6) is 0. The Hall–Kier alpha value is 0.359. The van der Waals surface area contributed by atoms with Gasteiger partial charge in [0.1, 0.15) is 0 Å². The topological polar surface area (TPSA) is 80.9 Å². The van der Waals surface area contributed by atoms with Crippen molar-refractivity contribution in [2.45, 2.75) is 29.0 Å². The fraction of sp³-hybridized carbons (Fsp3) is 1.00. The molecule has 0 saturated heterocycles. The molecule has 0 heterocycles. The van der Waals surface area contributed by atoms with Gasteiger partial charge in [0.15, 0.2) is 0 Å². The molecule has 0 radical (unpaired) electrons. The van der Waals surface area contributed by atoms with Gasteiger partial charge in [0.25, 0.3) is 0 Å². The van der Waals surface area contributed by atoms with Crippen molar-refractivity contribution in [1.29, 1.82) is 0 Å². The molecule has 5 heteroatoms. The number of aliphatic hydroxyl groups is 4. The molecule has 0 bridgehead atoms. The maximum atomic E-state index is 9.30. The van der Waals surface area contributed by atoms with Crippen LogP contribution in [0.1, 0.15) is 6.42 Å². The van der Waals surface area contributed by atoms with Crippen LogP contribution in [-0.4, -0.2) is 61.4 Å². The van der Waals surface area contributed by atoms with Gasteiger partial charge in [-0.25, -0.2) is 0 Å². The second-order valence-corrected chi connectivity index (χ2v) is 4.84. The van der Waals surface area contributed by atoms with Crippen molar-refractivity contribution in [2.24, 2.45) is 0 Å². The van der Waals surface area contributed by atoms with Gasteiger partial charge in [0.05, 0.1) is 0 Å². The van der Waals surface area contributed by atoms with Crippen LogP contribution in [0.25, 0.3) is 0 Å². The zero-order valence-electron chi connectivity index (χ0n) is 5.88. The minimum atomic E-state index is -1.13. The molecular weight excluding hydrogens is 215 g/mol. The predicted molar refractivity (Wildman–Crippen MR) is 39.6 cm³/mol. The van der Waals surface area contributed by atoms with E-state index < -0.39 is 22.6 Å². The number of aliphatic hydroxyl groups excluding tert-OH is 4. The van der Waals surface area contributed by atoms with Crippen molar-refractivity contribution < 1.29 is 20.4 Å². The van der Waals surface area contributed by atoms with Gasteiger partial charge < -0.3 is 0 Å². The minimum absolute atomic E-state index is 0.214. The summed E-state index contributed by atoms with van der Waals surface area (Å²) in [6.07, 6.45) is -2.90. The monoisotopic (exact) mass is 228 g/mol. The fourth-order valence-corrected chi connectivity index (χ4v) is 2.00. The Morgan fingerprint density at radius 3 is 2.09 bits per heavy atom. The van der Waals surface area contributed by atoms with E-state index in [1.807, 2.05) is 0 Å². The van der Waals surface area contributed by atoms with Gasteiger partial charge >= 0.3 is 72.1 Å². The van der Waals surface area contributed by atoms with E-state index in [1.54, 1.807) is 0 Å². The van der Waals surface area contributed by atoms with Crippen LogP contribution < -0.4 is 0 Å². The first-order valence-electron chi connectivity index (χ1n) is 3.39. The van der Waals surface area contributed by atoms with Crippen LogP contribution in [0.15, 0.2) is 0 Å². The van der Waals surface area contributed by atoms with Crippen molar-refractivity contribution in [2.75, 3.05) is 6.61 Å². The summed E-state index contributed by atoms with van der Waals surface area (Å²) in [7, 11) is 0. The third-order valence-electron chi connectivity index (χ3n) is 2.10. The van der Waals surface area contributed by atoms with Crippen LogP contribution >= 0.6 is 0 Å². The number of rotatable bonds is 1. The summed E-state index contributed by atoms with van der Waals surface area (Å²) >= 11 is 2.11. The quantitative estimate of drug-likeness (QED) is 0.374. The standard InChI is InChI=1S/C6H12O4Se/c7-2-6(11)1-3(8)4(9)5(6)10/h3-5,7-11H,1-2H2/t3-,4-,5+,6-/m1/s1. The van der Waals surface area contributed by atoms with Crippen LogP contribution in [0, 0.1) is 0 Å². The average Bonchev–Trinajstić information content (AvgIpc) is 2.17. The molecule has 0 amide bonds. The molecule has 1 fully saturated rings. The van der Waals surface area contributed by atoms with E-state index in [2.05, 4.69) is 16.0 Å². The summed E-state index contributed by atoms with van der Waals surface area (Å²) < 4.78 is -0.814. The summed E-state index contributed by atoms with van der Waals surface area (Å²) in [5, 5.41) is 36.4. The van der Waals surface area contributed by atoms with Gasteiger partial charge in [-0.1, -0.05) is 0 Å². The Morgan fingerprint density at radius 2 is 1.91 bits per heavy atom. The molecule has 1 aliphatic rings. The Morgan fingerprint density at radius 1 is 1.36 bits per heavy atom. The number of hydrogen-bond donors (Lipinski definition) is 4. The first-order chi connectivity index (χ1) is 5.01. The van der Waals surface area contributed by atoms with Gasteiger partial charge in [-0.05, 0) is 0 Å². The van der Waals surface area contributed by atoms with Crippen LogP contribution in [0.3, 0.4) is 0 Å². The normalized spacial score (nSPS) is 51.5. The molecular formula is C6H12O4Se. The van der Waals surface area contributed by atoms with E-state index in [0.29, 0.717) is 0 Å². The molecule has 4 atom stereocenters. The van der Waals surface area contributed by atoms with Crippen LogP contribution in [0.2, 0.25) is 4.31 Å². The molecule has 1 rings (SSSR count). The van der Waals surface area contributed by atoms with Crippen molar-refractivity contribution in [3.8, 4) is 0 Å². The Balaban J connectivity index is 2.73. The molecule has 0 aromatic carbocycles. The van der Waals surface area contributed by atoms with Crippen LogP contribution in [0.4, 0.5) is 0 Å². The summed E-state index contributed by atoms with van der Waals surface area (Å²) in [4.78, 5) is 0. The van der Waals surface area contributed by atoms with Crippen LogP contribution in [0.5, 0.6) is 0 Å². The molecule has 66 valence electrons. The van der Waals surface area contributed by atoms with Crippen molar-refractivity contribution in [3.63, 3.8) is 0 Å². The Labute approximate surface area is 72.7 Å². The van der Waals surface area contributed by atoms with E-state index >= 15 is 0 Å². The average molecular weight is 227 g/mol. The Kier molecular flexibility index (Phi) is 2.59. The molecule has 0 aromatic heterocycles. The first kappa shape index (κ1) is 9.45. The SMILES string of the molecule is OC[C@]1([SeH])C[C@@H](O)[C@@H](O)[C@@H]1O. The molecule has 11 heavy (non-hydrogen) atoms. The zero-order chi connectivity index (χ0) is 8.65. The van der Waals surface area contributed by atoms with Crippen molar-refractivity contribution in [3.05, 3.63) is 0 Å². The van der Waals surface area contributed by atoms with Gasteiger partial charge in [-0.3, -0.25) is 0 Å². The molecule has 0 unspecified atom stereocenters. The molecule has 1 aliphatic carbocycles. The van der Waals surface area contributed by atoms with E-state index in [9.17, 15) is 5.11 Å². The van der Waals surface area contributed by atoms with Gasteiger partial charge in [-0.2, -0.15) is 0 Å². The number of hydrogen-bond acceptors (Lipinski definition) is 4. The second-order valence-electron chi connectivity index (χ2n) is 2.97. The van der Waals surface area contributed by atoms with E-state index in [4.69, 9.17) is 15.3 Å². The molecule has 0 spiro atoms. The fourth-order valence-electron chi connectivity index (χ4n) is 1.29. The summed E-state index contributed by atoms with van der Waals surface area (Å²) in [5.41, 5.74) is 0. The molecule has 0 aliphatic heterocycles. The van der Waals surface area contributed by atoms with Crippen LogP contribution in [-0.2, 0) is 0 Å². The third kappa shape index (κ3) is 1.45. The molecule has 0 aromatic rings. The van der Waals surface area contributed by atoms with Crippen molar-refractivity contribution in [1.82, 2.24) is 0 Å². The van der Waals surface area contributed by atoms with Gasteiger partial charge in [0, 0.05) is 0 Å². The molecule has 4 N–H and O–H groups in total. The third-order valence-corrected chi connectivity index (χ3v) is 3.34. The summed E-state index contributed by atoms with van der Waals surface area (Å²) in [6, 6.07) is 0. The van der Waals surface area contributed by atoms with Gasteiger partial charge in [-0.15, -0.1) is 0 Å². The second kappa shape index (κ2) is 3.01. The zero-order valence-corrected chi connectivity index (χ0v) is 7.76. The van der Waals surface area contributed by atoms with E-state index in [0.717, 1.165) is 0 Å². The summed E-state index contributed by atoms with van der Waals surface area (Å²) in [6.45, 7) is -0.248.